The van der Waals surface area contributed by atoms with E-state index in [2.05, 4.69) is 43.1 Å². The predicted octanol–water partition coefficient (Wildman–Crippen LogP) is 1.40. The van der Waals surface area contributed by atoms with Crippen molar-refractivity contribution in [2.75, 3.05) is 40.3 Å². The summed E-state index contributed by atoms with van der Waals surface area (Å²) in [7, 11) is 4.32. The van der Waals surface area contributed by atoms with Crippen LogP contribution in [0.4, 0.5) is 0 Å². The topological polar surface area (TPSA) is 18.5 Å². The number of rotatable bonds is 7. The summed E-state index contributed by atoms with van der Waals surface area (Å²) in [5, 5.41) is 3.38. The van der Waals surface area contributed by atoms with Crippen molar-refractivity contribution in [1.29, 1.82) is 0 Å². The van der Waals surface area contributed by atoms with Gasteiger partial charge in [0.25, 0.3) is 0 Å². The van der Waals surface area contributed by atoms with Gasteiger partial charge in [0.15, 0.2) is 0 Å². The molecule has 2 unspecified atom stereocenters. The number of nitrogens with zero attached hydrogens (tertiary/aromatic N) is 2. The Morgan fingerprint density at radius 2 is 2.19 bits per heavy atom. The fraction of sp³-hybridized carbons (Fsp3) is 1.00. The first kappa shape index (κ1) is 13.9. The minimum Gasteiger partial charge on any atom is -0.316 e. The normalized spacial score (nSPS) is 24.2. The van der Waals surface area contributed by atoms with Gasteiger partial charge in [-0.2, -0.15) is 0 Å². The molecule has 1 saturated heterocycles. The molecule has 1 aliphatic heterocycles. The van der Waals surface area contributed by atoms with Crippen LogP contribution in [0, 0.1) is 0 Å². The molecule has 0 radical (unpaired) electrons. The summed E-state index contributed by atoms with van der Waals surface area (Å²) in [5.74, 6) is 0. The van der Waals surface area contributed by atoms with E-state index in [4.69, 9.17) is 0 Å². The molecule has 0 aromatic rings. The molecule has 0 bridgehead atoms. The zero-order chi connectivity index (χ0) is 12.0. The van der Waals surface area contributed by atoms with Crippen molar-refractivity contribution in [3.8, 4) is 0 Å². The van der Waals surface area contributed by atoms with E-state index >= 15 is 0 Å². The molecular weight excluding hydrogens is 198 g/mol. The van der Waals surface area contributed by atoms with E-state index in [9.17, 15) is 0 Å². The van der Waals surface area contributed by atoms with Gasteiger partial charge in [-0.25, -0.2) is 0 Å². The van der Waals surface area contributed by atoms with Gasteiger partial charge in [0.05, 0.1) is 0 Å². The van der Waals surface area contributed by atoms with Crippen LogP contribution in [0.3, 0.4) is 0 Å². The highest BCUT2D eigenvalue weighted by Gasteiger charge is 2.24. The highest BCUT2D eigenvalue weighted by Crippen LogP contribution is 2.17. The van der Waals surface area contributed by atoms with Gasteiger partial charge < -0.3 is 10.2 Å². The third-order valence-electron chi connectivity index (χ3n) is 3.86. The molecule has 3 nitrogen and oxygen atoms in total. The Morgan fingerprint density at radius 3 is 2.75 bits per heavy atom. The SMILES string of the molecule is CCC(CN(C)CC1CCCN1CC)NC. The van der Waals surface area contributed by atoms with Crippen LogP contribution in [-0.2, 0) is 0 Å². The monoisotopic (exact) mass is 227 g/mol. The molecule has 0 aromatic carbocycles. The Morgan fingerprint density at radius 1 is 1.44 bits per heavy atom. The summed E-state index contributed by atoms with van der Waals surface area (Å²) in [6, 6.07) is 1.44. The highest BCUT2D eigenvalue weighted by atomic mass is 15.2. The van der Waals surface area contributed by atoms with E-state index in [1.54, 1.807) is 0 Å². The zero-order valence-corrected chi connectivity index (χ0v) is 11.5. The van der Waals surface area contributed by atoms with Crippen molar-refractivity contribution in [2.24, 2.45) is 0 Å². The van der Waals surface area contributed by atoms with Gasteiger partial charge in [0.2, 0.25) is 0 Å². The average Bonchev–Trinajstić information content (AvgIpc) is 2.73. The molecule has 1 aliphatic rings. The number of hydrogen-bond acceptors (Lipinski definition) is 3. The molecule has 16 heavy (non-hydrogen) atoms. The van der Waals surface area contributed by atoms with E-state index in [1.807, 2.05) is 0 Å². The number of hydrogen-bond donors (Lipinski definition) is 1. The number of likely N-dealkylation sites (tertiary alicyclic amines) is 1. The molecule has 96 valence electrons. The third-order valence-corrected chi connectivity index (χ3v) is 3.86. The summed E-state index contributed by atoms with van der Waals surface area (Å²) in [6.07, 6.45) is 3.98. The van der Waals surface area contributed by atoms with E-state index in [0.717, 1.165) is 6.04 Å². The lowest BCUT2D eigenvalue weighted by Gasteiger charge is -2.29. The summed E-state index contributed by atoms with van der Waals surface area (Å²) in [5.41, 5.74) is 0. The lowest BCUT2D eigenvalue weighted by molar-refractivity contribution is 0.188. The molecular formula is C13H29N3. The zero-order valence-electron chi connectivity index (χ0n) is 11.5. The first-order chi connectivity index (χ1) is 7.71. The van der Waals surface area contributed by atoms with E-state index < -0.39 is 0 Å². The minimum atomic E-state index is 0.640. The molecule has 1 rings (SSSR count). The van der Waals surface area contributed by atoms with Crippen LogP contribution in [-0.4, -0.2) is 62.2 Å². The molecule has 1 fully saturated rings. The maximum absolute atomic E-state index is 3.38. The molecule has 1 N–H and O–H groups in total. The van der Waals surface area contributed by atoms with E-state index in [0.29, 0.717) is 6.04 Å². The molecule has 0 aliphatic carbocycles. The first-order valence-corrected chi connectivity index (χ1v) is 6.81. The molecule has 3 heteroatoms. The Kier molecular flexibility index (Phi) is 6.32. The standard InChI is InChI=1S/C13H29N3/c1-5-12(14-3)10-15(4)11-13-8-7-9-16(13)6-2/h12-14H,5-11H2,1-4H3. The van der Waals surface area contributed by atoms with Crippen LogP contribution < -0.4 is 5.32 Å². The Labute approximate surface area is 101 Å². The van der Waals surface area contributed by atoms with E-state index in [-0.39, 0.29) is 0 Å². The van der Waals surface area contributed by atoms with Gasteiger partial charge in [-0.3, -0.25) is 4.90 Å². The lowest BCUT2D eigenvalue weighted by atomic mass is 10.1. The Balaban J connectivity index is 2.29. The highest BCUT2D eigenvalue weighted by molar-refractivity contribution is 4.81. The molecule has 0 saturated carbocycles. The summed E-state index contributed by atoms with van der Waals surface area (Å²) in [4.78, 5) is 5.11. The van der Waals surface area contributed by atoms with Crippen molar-refractivity contribution in [3.63, 3.8) is 0 Å². The Hall–Kier alpha value is -0.120. The predicted molar refractivity (Wildman–Crippen MR) is 70.9 cm³/mol. The van der Waals surface area contributed by atoms with Crippen LogP contribution >= 0.6 is 0 Å². The number of nitrogens with one attached hydrogen (secondary N) is 1. The molecule has 2 atom stereocenters. The Bertz CT molecular complexity index is 180. The van der Waals surface area contributed by atoms with Crippen LogP contribution in [0.5, 0.6) is 0 Å². The van der Waals surface area contributed by atoms with Gasteiger partial charge in [0, 0.05) is 25.2 Å². The van der Waals surface area contributed by atoms with Crippen LogP contribution in [0.2, 0.25) is 0 Å². The van der Waals surface area contributed by atoms with Crippen LogP contribution in [0.25, 0.3) is 0 Å². The van der Waals surface area contributed by atoms with Crippen LogP contribution in [0.1, 0.15) is 33.1 Å². The van der Waals surface area contributed by atoms with Crippen molar-refractivity contribution in [1.82, 2.24) is 15.1 Å². The minimum absolute atomic E-state index is 0.640. The quantitative estimate of drug-likeness (QED) is 0.709. The van der Waals surface area contributed by atoms with Gasteiger partial charge in [-0.05, 0) is 46.4 Å². The van der Waals surface area contributed by atoms with Gasteiger partial charge in [-0.1, -0.05) is 13.8 Å². The molecule has 1 heterocycles. The maximum Gasteiger partial charge on any atom is 0.0223 e. The summed E-state index contributed by atoms with van der Waals surface area (Å²) < 4.78 is 0. The third kappa shape index (κ3) is 4.04. The molecule has 0 aromatic heterocycles. The van der Waals surface area contributed by atoms with Gasteiger partial charge >= 0.3 is 0 Å². The fourth-order valence-electron chi connectivity index (χ4n) is 2.75. The van der Waals surface area contributed by atoms with Crippen molar-refractivity contribution in [3.05, 3.63) is 0 Å². The smallest absolute Gasteiger partial charge is 0.0223 e. The van der Waals surface area contributed by atoms with Crippen molar-refractivity contribution < 1.29 is 0 Å². The van der Waals surface area contributed by atoms with Crippen LogP contribution in [0.15, 0.2) is 0 Å². The second kappa shape index (κ2) is 7.25. The van der Waals surface area contributed by atoms with Crippen molar-refractivity contribution in [2.45, 2.75) is 45.2 Å². The maximum atomic E-state index is 3.38. The number of likely N-dealkylation sites (N-methyl/N-ethyl adjacent to an activating group) is 3. The first-order valence-electron chi connectivity index (χ1n) is 6.81. The summed E-state index contributed by atoms with van der Waals surface area (Å²) >= 11 is 0. The fourth-order valence-corrected chi connectivity index (χ4v) is 2.75. The largest absolute Gasteiger partial charge is 0.316 e. The lowest BCUT2D eigenvalue weighted by Crippen LogP contribution is -2.43. The van der Waals surface area contributed by atoms with Gasteiger partial charge in [-0.15, -0.1) is 0 Å². The average molecular weight is 227 g/mol. The molecule has 0 amide bonds. The summed E-state index contributed by atoms with van der Waals surface area (Å²) in [6.45, 7) is 9.44. The molecule has 0 spiro atoms. The second-order valence-electron chi connectivity index (χ2n) is 5.04. The second-order valence-corrected chi connectivity index (χ2v) is 5.04. The van der Waals surface area contributed by atoms with Gasteiger partial charge in [0.1, 0.15) is 0 Å². The van der Waals surface area contributed by atoms with Crippen molar-refractivity contribution >= 4 is 0 Å². The van der Waals surface area contributed by atoms with E-state index in [1.165, 1.54) is 45.4 Å².